The molecule has 0 radical (unpaired) electrons. The molecule has 1 atom stereocenters. The average Bonchev–Trinajstić information content (AvgIpc) is 3.05. The van der Waals surface area contributed by atoms with Crippen molar-refractivity contribution in [2.75, 3.05) is 41.4 Å². The molecule has 0 aliphatic carbocycles. The zero-order valence-corrected chi connectivity index (χ0v) is 18.9. The van der Waals surface area contributed by atoms with E-state index in [1.165, 1.54) is 0 Å². The fourth-order valence-electron chi connectivity index (χ4n) is 3.95. The summed E-state index contributed by atoms with van der Waals surface area (Å²) in [7, 11) is 7.32. The van der Waals surface area contributed by atoms with Gasteiger partial charge in [-0.05, 0) is 57.3 Å². The Bertz CT molecular complexity index is 900. The number of rotatable bonds is 7. The first kappa shape index (κ1) is 22.9. The molecule has 1 heterocycles. The van der Waals surface area contributed by atoms with E-state index in [2.05, 4.69) is 19.0 Å². The minimum absolute atomic E-state index is 0.00550. The molecule has 0 spiro atoms. The third kappa shape index (κ3) is 5.29. The Labute approximate surface area is 184 Å². The number of methoxy groups -OCH3 is 2. The predicted molar refractivity (Wildman–Crippen MR) is 121 cm³/mol. The largest absolute Gasteiger partial charge is 0.496 e. The van der Waals surface area contributed by atoms with Crippen molar-refractivity contribution in [1.82, 2.24) is 9.80 Å². The van der Waals surface area contributed by atoms with Crippen LogP contribution in [-0.4, -0.2) is 63.2 Å². The number of ether oxygens (including phenoxy) is 3. The molecule has 0 bridgehead atoms. The van der Waals surface area contributed by atoms with Gasteiger partial charge in [0.15, 0.2) is 11.5 Å². The Morgan fingerprint density at radius 2 is 1.81 bits per heavy atom. The van der Waals surface area contributed by atoms with Crippen LogP contribution in [0.15, 0.2) is 36.4 Å². The number of nitrogens with two attached hydrogens (primary N) is 1. The monoisotopic (exact) mass is 427 g/mol. The van der Waals surface area contributed by atoms with Gasteiger partial charge in [-0.25, -0.2) is 0 Å². The predicted octanol–water partition coefficient (Wildman–Crippen LogP) is 3.51. The zero-order valence-electron chi connectivity index (χ0n) is 18.9. The molecular weight excluding hydrogens is 394 g/mol. The lowest BCUT2D eigenvalue weighted by atomic mass is 10.1. The Morgan fingerprint density at radius 3 is 2.48 bits per heavy atom. The highest BCUT2D eigenvalue weighted by Gasteiger charge is 2.25. The second-order valence-electron chi connectivity index (χ2n) is 7.97. The number of nitrogens with zero attached hydrogens (tertiary/aromatic N) is 2. The molecule has 7 heteroatoms. The Balaban J connectivity index is 1.89. The normalized spacial score (nSPS) is 16.7. The van der Waals surface area contributed by atoms with Gasteiger partial charge in [-0.2, -0.15) is 0 Å². The summed E-state index contributed by atoms with van der Waals surface area (Å²) < 4.78 is 17.0. The summed E-state index contributed by atoms with van der Waals surface area (Å²) in [5.41, 5.74) is 7.25. The van der Waals surface area contributed by atoms with Crippen molar-refractivity contribution in [3.8, 4) is 23.0 Å². The number of carbonyl (C=O) groups excluding carboxylic acids is 1. The van der Waals surface area contributed by atoms with Crippen LogP contribution in [0.4, 0.5) is 0 Å². The van der Waals surface area contributed by atoms with Crippen molar-refractivity contribution in [2.24, 2.45) is 5.73 Å². The number of likely N-dealkylation sites (N-methyl/N-ethyl adjacent to an activating group) is 1. The van der Waals surface area contributed by atoms with Crippen LogP contribution in [0, 0.1) is 0 Å². The summed E-state index contributed by atoms with van der Waals surface area (Å²) in [6.07, 6.45) is 3.24. The highest BCUT2D eigenvalue weighted by Crippen LogP contribution is 2.37. The van der Waals surface area contributed by atoms with Crippen LogP contribution in [0.1, 0.15) is 35.2 Å². The Kier molecular flexibility index (Phi) is 7.76. The van der Waals surface area contributed by atoms with Gasteiger partial charge < -0.3 is 29.7 Å². The lowest BCUT2D eigenvalue weighted by Gasteiger charge is -2.28. The van der Waals surface area contributed by atoms with E-state index < -0.39 is 0 Å². The summed E-state index contributed by atoms with van der Waals surface area (Å²) in [6, 6.07) is 11.2. The van der Waals surface area contributed by atoms with E-state index in [1.807, 2.05) is 23.1 Å². The van der Waals surface area contributed by atoms with Gasteiger partial charge in [0.2, 0.25) is 0 Å². The number of amides is 1. The number of likely N-dealkylation sites (tertiary alicyclic amines) is 1. The lowest BCUT2D eigenvalue weighted by Crippen LogP contribution is -2.41. The second-order valence-corrected chi connectivity index (χ2v) is 7.97. The van der Waals surface area contributed by atoms with Crippen molar-refractivity contribution in [3.05, 3.63) is 47.5 Å². The van der Waals surface area contributed by atoms with E-state index in [4.69, 9.17) is 19.9 Å². The summed E-state index contributed by atoms with van der Waals surface area (Å²) >= 11 is 0. The van der Waals surface area contributed by atoms with Crippen LogP contribution >= 0.6 is 0 Å². The van der Waals surface area contributed by atoms with E-state index in [0.29, 0.717) is 34.6 Å². The number of benzene rings is 2. The lowest BCUT2D eigenvalue weighted by molar-refractivity contribution is 0.0725. The summed E-state index contributed by atoms with van der Waals surface area (Å²) in [4.78, 5) is 17.5. The molecule has 0 saturated carbocycles. The molecule has 31 heavy (non-hydrogen) atoms. The third-order valence-electron chi connectivity index (χ3n) is 5.81. The van der Waals surface area contributed by atoms with Crippen molar-refractivity contribution in [1.29, 1.82) is 0 Å². The quantitative estimate of drug-likeness (QED) is 0.729. The molecular formula is C24H33N3O4. The van der Waals surface area contributed by atoms with Crippen molar-refractivity contribution < 1.29 is 19.0 Å². The van der Waals surface area contributed by atoms with Gasteiger partial charge in [0.1, 0.15) is 11.5 Å². The SMILES string of the molecule is COc1ccc(C(=O)N2CCCC[C@H](N(C)C)C2)cc1Oc1cccc(OC)c1CN. The number of hydrogen-bond acceptors (Lipinski definition) is 6. The van der Waals surface area contributed by atoms with Gasteiger partial charge in [-0.1, -0.05) is 12.5 Å². The van der Waals surface area contributed by atoms with E-state index in [1.54, 1.807) is 32.4 Å². The van der Waals surface area contributed by atoms with E-state index in [0.717, 1.165) is 37.9 Å². The molecule has 2 aromatic carbocycles. The molecule has 1 fully saturated rings. The molecule has 168 valence electrons. The Hall–Kier alpha value is -2.77. The highest BCUT2D eigenvalue weighted by atomic mass is 16.5. The molecule has 1 aliphatic rings. The van der Waals surface area contributed by atoms with Gasteiger partial charge >= 0.3 is 0 Å². The molecule has 2 N–H and O–H groups in total. The molecule has 0 aromatic heterocycles. The second kappa shape index (κ2) is 10.5. The molecule has 7 nitrogen and oxygen atoms in total. The average molecular weight is 428 g/mol. The van der Waals surface area contributed by atoms with Crippen LogP contribution in [-0.2, 0) is 6.54 Å². The van der Waals surface area contributed by atoms with Gasteiger partial charge in [0.25, 0.3) is 5.91 Å². The fourth-order valence-corrected chi connectivity index (χ4v) is 3.95. The number of hydrogen-bond donors (Lipinski definition) is 1. The van der Waals surface area contributed by atoms with E-state index in [9.17, 15) is 4.79 Å². The first-order valence-corrected chi connectivity index (χ1v) is 10.7. The first-order chi connectivity index (χ1) is 15.0. The highest BCUT2D eigenvalue weighted by molar-refractivity contribution is 5.95. The summed E-state index contributed by atoms with van der Waals surface area (Å²) in [6.45, 7) is 1.75. The molecule has 3 rings (SSSR count). The maximum absolute atomic E-state index is 13.3. The third-order valence-corrected chi connectivity index (χ3v) is 5.81. The molecule has 1 saturated heterocycles. The van der Waals surface area contributed by atoms with Crippen LogP contribution in [0.5, 0.6) is 23.0 Å². The van der Waals surface area contributed by atoms with Gasteiger partial charge in [0, 0.05) is 31.2 Å². The maximum atomic E-state index is 13.3. The van der Waals surface area contributed by atoms with E-state index >= 15 is 0 Å². The van der Waals surface area contributed by atoms with Gasteiger partial charge in [0.05, 0.1) is 19.8 Å². The number of carbonyl (C=O) groups is 1. The minimum atomic E-state index is 0.00550. The van der Waals surface area contributed by atoms with Gasteiger partial charge in [-0.15, -0.1) is 0 Å². The molecule has 2 aromatic rings. The zero-order chi connectivity index (χ0) is 22.4. The van der Waals surface area contributed by atoms with Crippen LogP contribution < -0.4 is 19.9 Å². The van der Waals surface area contributed by atoms with Crippen molar-refractivity contribution in [3.63, 3.8) is 0 Å². The van der Waals surface area contributed by atoms with Crippen LogP contribution in [0.25, 0.3) is 0 Å². The first-order valence-electron chi connectivity index (χ1n) is 10.7. The van der Waals surface area contributed by atoms with Crippen molar-refractivity contribution in [2.45, 2.75) is 31.8 Å². The van der Waals surface area contributed by atoms with Crippen LogP contribution in [0.2, 0.25) is 0 Å². The van der Waals surface area contributed by atoms with E-state index in [-0.39, 0.29) is 12.5 Å². The minimum Gasteiger partial charge on any atom is -0.496 e. The summed E-state index contributed by atoms with van der Waals surface area (Å²) in [5.74, 6) is 2.25. The molecule has 0 unspecified atom stereocenters. The smallest absolute Gasteiger partial charge is 0.254 e. The van der Waals surface area contributed by atoms with Gasteiger partial charge in [-0.3, -0.25) is 4.79 Å². The van der Waals surface area contributed by atoms with Crippen molar-refractivity contribution >= 4 is 5.91 Å². The Morgan fingerprint density at radius 1 is 1.06 bits per heavy atom. The standard InChI is InChI=1S/C24H33N3O4/c1-26(2)18-8-5-6-13-27(16-18)24(28)17-11-12-22(30-4)23(14-17)31-21-10-7-9-20(29-3)19(21)15-25/h7,9-12,14,18H,5-6,8,13,15-16,25H2,1-4H3/t18-/m0/s1. The fraction of sp³-hybridized carbons (Fsp3) is 0.458. The summed E-state index contributed by atoms with van der Waals surface area (Å²) in [5, 5.41) is 0. The maximum Gasteiger partial charge on any atom is 0.254 e. The molecule has 1 aliphatic heterocycles. The topological polar surface area (TPSA) is 77.3 Å². The van der Waals surface area contributed by atoms with Crippen LogP contribution in [0.3, 0.4) is 0 Å². The molecule has 1 amide bonds.